The lowest BCUT2D eigenvalue weighted by atomic mass is 10.3. The molecular formula is C11H19ClN2O2S. The standard InChI is InChI=1S/C11H18N2O2S.ClH/c1-8-7-9(15-2)10(16-8)11(14)13-6-4-3-5-12;/h7H,3-6,12H2,1-2H3,(H,13,14);1H. The van der Waals surface area contributed by atoms with E-state index >= 15 is 0 Å². The molecule has 0 aromatic carbocycles. The second kappa shape index (κ2) is 8.33. The van der Waals surface area contributed by atoms with Crippen LogP contribution in [0.4, 0.5) is 0 Å². The Balaban J connectivity index is 0.00000256. The van der Waals surface area contributed by atoms with E-state index in [1.807, 2.05) is 13.0 Å². The second-order valence-corrected chi connectivity index (χ2v) is 4.76. The number of carbonyl (C=O) groups excluding carboxylic acids is 1. The van der Waals surface area contributed by atoms with E-state index in [-0.39, 0.29) is 18.3 Å². The summed E-state index contributed by atoms with van der Waals surface area (Å²) in [7, 11) is 1.58. The molecule has 6 heteroatoms. The van der Waals surface area contributed by atoms with Crippen molar-refractivity contribution >= 4 is 29.7 Å². The van der Waals surface area contributed by atoms with Crippen LogP contribution in [0.3, 0.4) is 0 Å². The molecule has 98 valence electrons. The Kier molecular flexibility index (Phi) is 7.95. The van der Waals surface area contributed by atoms with E-state index < -0.39 is 0 Å². The Morgan fingerprint density at radius 3 is 2.82 bits per heavy atom. The van der Waals surface area contributed by atoms with Gasteiger partial charge >= 0.3 is 0 Å². The molecule has 3 N–H and O–H groups in total. The zero-order valence-electron chi connectivity index (χ0n) is 10.1. The number of halogens is 1. The fraction of sp³-hybridized carbons (Fsp3) is 0.545. The van der Waals surface area contributed by atoms with Crippen molar-refractivity contribution in [3.63, 3.8) is 0 Å². The molecule has 0 aliphatic heterocycles. The van der Waals surface area contributed by atoms with E-state index in [2.05, 4.69) is 5.32 Å². The molecule has 0 saturated carbocycles. The van der Waals surface area contributed by atoms with Crippen LogP contribution in [0.5, 0.6) is 5.75 Å². The zero-order valence-corrected chi connectivity index (χ0v) is 11.7. The molecule has 0 aliphatic carbocycles. The molecule has 1 aromatic rings. The molecule has 1 heterocycles. The van der Waals surface area contributed by atoms with E-state index in [0.29, 0.717) is 23.7 Å². The monoisotopic (exact) mass is 278 g/mol. The maximum Gasteiger partial charge on any atom is 0.265 e. The second-order valence-electron chi connectivity index (χ2n) is 3.51. The lowest BCUT2D eigenvalue weighted by molar-refractivity contribution is 0.0954. The van der Waals surface area contributed by atoms with Crippen molar-refractivity contribution in [2.45, 2.75) is 19.8 Å². The number of unbranched alkanes of at least 4 members (excludes halogenated alkanes) is 1. The number of nitrogens with two attached hydrogens (primary N) is 1. The van der Waals surface area contributed by atoms with Crippen LogP contribution < -0.4 is 15.8 Å². The van der Waals surface area contributed by atoms with E-state index in [9.17, 15) is 4.79 Å². The summed E-state index contributed by atoms with van der Waals surface area (Å²) in [5, 5.41) is 2.86. The van der Waals surface area contributed by atoms with Crippen LogP contribution in [0.25, 0.3) is 0 Å². The Labute approximate surface area is 112 Å². The predicted molar refractivity (Wildman–Crippen MR) is 73.5 cm³/mol. The molecule has 1 aromatic heterocycles. The first kappa shape index (κ1) is 16.2. The summed E-state index contributed by atoms with van der Waals surface area (Å²) in [6.45, 7) is 3.28. The molecular weight excluding hydrogens is 260 g/mol. The maximum atomic E-state index is 11.8. The van der Waals surface area contributed by atoms with Gasteiger partial charge in [-0.15, -0.1) is 23.7 Å². The van der Waals surface area contributed by atoms with Crippen molar-refractivity contribution in [1.29, 1.82) is 0 Å². The van der Waals surface area contributed by atoms with Crippen LogP contribution in [0, 0.1) is 6.92 Å². The van der Waals surface area contributed by atoms with Gasteiger partial charge in [-0.05, 0) is 32.4 Å². The third kappa shape index (κ3) is 4.93. The molecule has 0 saturated heterocycles. The highest BCUT2D eigenvalue weighted by Gasteiger charge is 2.14. The molecule has 17 heavy (non-hydrogen) atoms. The largest absolute Gasteiger partial charge is 0.495 e. The van der Waals surface area contributed by atoms with Crippen molar-refractivity contribution in [3.8, 4) is 5.75 Å². The van der Waals surface area contributed by atoms with Gasteiger partial charge in [-0.2, -0.15) is 0 Å². The van der Waals surface area contributed by atoms with Crippen molar-refractivity contribution in [2.24, 2.45) is 5.73 Å². The minimum atomic E-state index is -0.0630. The molecule has 0 atom stereocenters. The van der Waals surface area contributed by atoms with E-state index in [0.717, 1.165) is 17.7 Å². The first-order valence-corrected chi connectivity index (χ1v) is 6.13. The Morgan fingerprint density at radius 2 is 2.24 bits per heavy atom. The van der Waals surface area contributed by atoms with Gasteiger partial charge in [0, 0.05) is 11.4 Å². The van der Waals surface area contributed by atoms with Gasteiger partial charge in [0.05, 0.1) is 7.11 Å². The van der Waals surface area contributed by atoms with Gasteiger partial charge in [0.2, 0.25) is 0 Å². The highest BCUT2D eigenvalue weighted by Crippen LogP contribution is 2.28. The summed E-state index contributed by atoms with van der Waals surface area (Å²) in [6.07, 6.45) is 1.84. The minimum Gasteiger partial charge on any atom is -0.495 e. The average Bonchev–Trinajstić information content (AvgIpc) is 2.65. The van der Waals surface area contributed by atoms with Gasteiger partial charge in [0.1, 0.15) is 10.6 Å². The number of hydrogen-bond donors (Lipinski definition) is 2. The van der Waals surface area contributed by atoms with Gasteiger partial charge in [0.25, 0.3) is 5.91 Å². The smallest absolute Gasteiger partial charge is 0.265 e. The summed E-state index contributed by atoms with van der Waals surface area (Å²) in [6, 6.07) is 1.87. The average molecular weight is 279 g/mol. The Bertz CT molecular complexity index is 355. The predicted octanol–water partition coefficient (Wildman–Crippen LogP) is 1.96. The van der Waals surface area contributed by atoms with Gasteiger partial charge in [-0.3, -0.25) is 4.79 Å². The fourth-order valence-corrected chi connectivity index (χ4v) is 2.25. The number of hydrogen-bond acceptors (Lipinski definition) is 4. The highest BCUT2D eigenvalue weighted by molar-refractivity contribution is 7.14. The molecule has 0 fully saturated rings. The first-order chi connectivity index (χ1) is 7.69. The quantitative estimate of drug-likeness (QED) is 0.782. The van der Waals surface area contributed by atoms with Crippen molar-refractivity contribution in [3.05, 3.63) is 15.8 Å². The van der Waals surface area contributed by atoms with Crippen LogP contribution in [0.1, 0.15) is 27.4 Å². The van der Waals surface area contributed by atoms with E-state index in [4.69, 9.17) is 10.5 Å². The number of carbonyl (C=O) groups is 1. The zero-order chi connectivity index (χ0) is 12.0. The van der Waals surface area contributed by atoms with Crippen molar-refractivity contribution in [2.75, 3.05) is 20.2 Å². The minimum absolute atomic E-state index is 0. The number of aryl methyl sites for hydroxylation is 1. The van der Waals surface area contributed by atoms with Gasteiger partial charge < -0.3 is 15.8 Å². The van der Waals surface area contributed by atoms with Crippen LogP contribution in [-0.4, -0.2) is 26.1 Å². The van der Waals surface area contributed by atoms with E-state index in [1.165, 1.54) is 11.3 Å². The number of thiophene rings is 1. The molecule has 0 aliphatic rings. The molecule has 1 rings (SSSR count). The van der Waals surface area contributed by atoms with Crippen molar-refractivity contribution in [1.82, 2.24) is 5.32 Å². The third-order valence-corrected chi connectivity index (χ3v) is 3.19. The number of methoxy groups -OCH3 is 1. The Morgan fingerprint density at radius 1 is 1.53 bits per heavy atom. The third-order valence-electron chi connectivity index (χ3n) is 2.16. The molecule has 0 spiro atoms. The summed E-state index contributed by atoms with van der Waals surface area (Å²) in [5.74, 6) is 0.589. The number of nitrogens with one attached hydrogen (secondary N) is 1. The molecule has 0 unspecified atom stereocenters. The molecule has 0 radical (unpaired) electrons. The van der Waals surface area contributed by atoms with Gasteiger partial charge in [-0.25, -0.2) is 0 Å². The van der Waals surface area contributed by atoms with Gasteiger partial charge in [0.15, 0.2) is 0 Å². The summed E-state index contributed by atoms with van der Waals surface area (Å²) in [5.41, 5.74) is 5.37. The van der Waals surface area contributed by atoms with Crippen LogP contribution in [0.2, 0.25) is 0 Å². The highest BCUT2D eigenvalue weighted by atomic mass is 35.5. The number of ether oxygens (including phenoxy) is 1. The van der Waals surface area contributed by atoms with Crippen LogP contribution in [0.15, 0.2) is 6.07 Å². The maximum absolute atomic E-state index is 11.8. The summed E-state index contributed by atoms with van der Waals surface area (Å²) >= 11 is 1.45. The normalized spacial score (nSPS) is 9.59. The molecule has 0 bridgehead atoms. The van der Waals surface area contributed by atoms with Crippen LogP contribution >= 0.6 is 23.7 Å². The van der Waals surface area contributed by atoms with E-state index in [1.54, 1.807) is 7.11 Å². The molecule has 4 nitrogen and oxygen atoms in total. The Hall–Kier alpha value is -0.780. The summed E-state index contributed by atoms with van der Waals surface area (Å²) in [4.78, 5) is 13.5. The first-order valence-electron chi connectivity index (χ1n) is 5.31. The number of amides is 1. The lowest BCUT2D eigenvalue weighted by Gasteiger charge is -2.04. The SMILES string of the molecule is COc1cc(C)sc1C(=O)NCCCCN.Cl. The van der Waals surface area contributed by atoms with Crippen LogP contribution in [-0.2, 0) is 0 Å². The molecule has 1 amide bonds. The topological polar surface area (TPSA) is 64.3 Å². The van der Waals surface area contributed by atoms with Crippen molar-refractivity contribution < 1.29 is 9.53 Å². The number of rotatable bonds is 6. The van der Waals surface area contributed by atoms with Gasteiger partial charge in [-0.1, -0.05) is 0 Å². The lowest BCUT2D eigenvalue weighted by Crippen LogP contribution is -2.24. The summed E-state index contributed by atoms with van der Waals surface area (Å²) < 4.78 is 5.14. The fourth-order valence-electron chi connectivity index (χ4n) is 1.35.